The monoisotopic (exact) mass is 153 g/mol. The Morgan fingerprint density at radius 3 is 2.73 bits per heavy atom. The second-order valence-electron chi connectivity index (χ2n) is 2.17. The number of aromatic hydroxyl groups is 1. The van der Waals surface area contributed by atoms with Crippen LogP contribution in [0.15, 0.2) is 18.2 Å². The molecule has 0 bridgehead atoms. The molecule has 0 saturated carbocycles. The molecule has 0 radical (unpaired) electrons. The molecule has 0 aliphatic rings. The summed E-state index contributed by atoms with van der Waals surface area (Å²) in [5, 5.41) is 9.24. The number of hydrogen-bond acceptors (Lipinski definition) is 3. The first-order chi connectivity index (χ1) is 5.29. The lowest BCUT2D eigenvalue weighted by Gasteiger charge is -2.06. The van der Waals surface area contributed by atoms with E-state index in [1.807, 2.05) is 6.07 Å². The molecule has 0 aliphatic heterocycles. The lowest BCUT2D eigenvalue weighted by Crippen LogP contribution is -1.99. The molecule has 3 N–H and O–H groups in total. The third kappa shape index (κ3) is 1.43. The normalized spacial score (nSPS) is 9.64. The zero-order valence-corrected chi connectivity index (χ0v) is 6.37. The summed E-state index contributed by atoms with van der Waals surface area (Å²) in [6, 6.07) is 5.12. The van der Waals surface area contributed by atoms with Gasteiger partial charge in [0.1, 0.15) is 0 Å². The van der Waals surface area contributed by atoms with E-state index < -0.39 is 0 Å². The van der Waals surface area contributed by atoms with Gasteiger partial charge in [-0.2, -0.15) is 0 Å². The number of benzene rings is 1. The van der Waals surface area contributed by atoms with Crippen LogP contribution in [0.2, 0.25) is 0 Å². The van der Waals surface area contributed by atoms with Crippen LogP contribution in [0.3, 0.4) is 0 Å². The molecule has 60 valence electrons. The lowest BCUT2D eigenvalue weighted by molar-refractivity contribution is 0.369. The minimum absolute atomic E-state index is 0.135. The topological polar surface area (TPSA) is 55.5 Å². The smallest absolute Gasteiger partial charge is 0.164 e. The first-order valence-electron chi connectivity index (χ1n) is 3.34. The van der Waals surface area contributed by atoms with Gasteiger partial charge in [0, 0.05) is 12.1 Å². The predicted molar refractivity (Wildman–Crippen MR) is 42.6 cm³/mol. The predicted octanol–water partition coefficient (Wildman–Crippen LogP) is 0.860. The highest BCUT2D eigenvalue weighted by molar-refractivity contribution is 5.45. The molecule has 0 fully saturated rings. The van der Waals surface area contributed by atoms with Gasteiger partial charge < -0.3 is 15.6 Å². The summed E-state index contributed by atoms with van der Waals surface area (Å²) in [6.07, 6.45) is 0. The molecule has 0 spiro atoms. The fraction of sp³-hybridized carbons (Fsp3) is 0.250. The van der Waals surface area contributed by atoms with E-state index in [2.05, 4.69) is 0 Å². The van der Waals surface area contributed by atoms with Crippen LogP contribution in [0.5, 0.6) is 11.5 Å². The molecule has 0 unspecified atom stereocenters. The molecule has 0 atom stereocenters. The van der Waals surface area contributed by atoms with Crippen LogP contribution >= 0.6 is 0 Å². The maximum atomic E-state index is 9.24. The zero-order valence-electron chi connectivity index (χ0n) is 6.37. The van der Waals surface area contributed by atoms with Crippen molar-refractivity contribution in [2.45, 2.75) is 6.54 Å². The van der Waals surface area contributed by atoms with Crippen molar-refractivity contribution in [2.75, 3.05) is 7.11 Å². The van der Waals surface area contributed by atoms with Crippen molar-refractivity contribution in [3.05, 3.63) is 23.8 Å². The standard InChI is InChI=1S/C8H11NO2/c1-11-8-6(5-9)3-2-4-7(8)10/h2-4,10H,5,9H2,1H3. The fourth-order valence-electron chi connectivity index (χ4n) is 0.968. The number of rotatable bonds is 2. The van der Waals surface area contributed by atoms with Crippen molar-refractivity contribution in [2.24, 2.45) is 5.73 Å². The number of ether oxygens (including phenoxy) is 1. The lowest BCUT2D eigenvalue weighted by atomic mass is 10.2. The maximum Gasteiger partial charge on any atom is 0.164 e. The minimum Gasteiger partial charge on any atom is -0.504 e. The van der Waals surface area contributed by atoms with E-state index >= 15 is 0 Å². The second-order valence-corrected chi connectivity index (χ2v) is 2.17. The Labute approximate surface area is 65.4 Å². The molecular formula is C8H11NO2. The SMILES string of the molecule is COc1c(O)cccc1CN. The van der Waals surface area contributed by atoms with Crippen LogP contribution < -0.4 is 10.5 Å². The van der Waals surface area contributed by atoms with E-state index in [0.29, 0.717) is 12.3 Å². The number of methoxy groups -OCH3 is 1. The van der Waals surface area contributed by atoms with Gasteiger partial charge in [0.15, 0.2) is 11.5 Å². The van der Waals surface area contributed by atoms with E-state index in [9.17, 15) is 5.11 Å². The van der Waals surface area contributed by atoms with E-state index in [-0.39, 0.29) is 5.75 Å². The third-order valence-electron chi connectivity index (χ3n) is 1.50. The van der Waals surface area contributed by atoms with Gasteiger partial charge in [0.25, 0.3) is 0 Å². The zero-order chi connectivity index (χ0) is 8.27. The minimum atomic E-state index is 0.135. The number of nitrogens with two attached hydrogens (primary N) is 1. The first kappa shape index (κ1) is 7.88. The molecule has 1 aromatic carbocycles. The van der Waals surface area contributed by atoms with Crippen LogP contribution in [0.1, 0.15) is 5.56 Å². The Kier molecular flexibility index (Phi) is 2.33. The van der Waals surface area contributed by atoms with Crippen molar-refractivity contribution < 1.29 is 9.84 Å². The van der Waals surface area contributed by atoms with Gasteiger partial charge in [-0.25, -0.2) is 0 Å². The summed E-state index contributed by atoms with van der Waals surface area (Å²) in [5.74, 6) is 0.602. The summed E-state index contributed by atoms with van der Waals surface area (Å²) in [6.45, 7) is 0.373. The quantitative estimate of drug-likeness (QED) is 0.662. The summed E-state index contributed by atoms with van der Waals surface area (Å²) < 4.78 is 4.94. The van der Waals surface area contributed by atoms with Crippen LogP contribution in [0.4, 0.5) is 0 Å². The van der Waals surface area contributed by atoms with Crippen molar-refractivity contribution in [3.63, 3.8) is 0 Å². The van der Waals surface area contributed by atoms with Gasteiger partial charge in [-0.05, 0) is 6.07 Å². The van der Waals surface area contributed by atoms with Crippen LogP contribution in [-0.4, -0.2) is 12.2 Å². The van der Waals surface area contributed by atoms with Crippen LogP contribution in [-0.2, 0) is 6.54 Å². The highest BCUT2D eigenvalue weighted by Crippen LogP contribution is 2.28. The summed E-state index contributed by atoms with van der Waals surface area (Å²) >= 11 is 0. The Hall–Kier alpha value is -1.22. The molecule has 0 saturated heterocycles. The van der Waals surface area contributed by atoms with Gasteiger partial charge >= 0.3 is 0 Å². The molecule has 11 heavy (non-hydrogen) atoms. The average molecular weight is 153 g/mol. The van der Waals surface area contributed by atoms with Crippen molar-refractivity contribution in [1.82, 2.24) is 0 Å². The van der Waals surface area contributed by atoms with Crippen molar-refractivity contribution in [1.29, 1.82) is 0 Å². The Balaban J connectivity index is 3.13. The molecule has 1 rings (SSSR count). The molecule has 1 aromatic rings. The average Bonchev–Trinajstić information content (AvgIpc) is 2.04. The van der Waals surface area contributed by atoms with Crippen molar-refractivity contribution in [3.8, 4) is 11.5 Å². The van der Waals surface area contributed by atoms with Gasteiger partial charge in [-0.1, -0.05) is 12.1 Å². The Bertz CT molecular complexity index is 248. The first-order valence-corrected chi connectivity index (χ1v) is 3.34. The van der Waals surface area contributed by atoms with Crippen LogP contribution in [0.25, 0.3) is 0 Å². The van der Waals surface area contributed by atoms with Gasteiger partial charge in [0.2, 0.25) is 0 Å². The van der Waals surface area contributed by atoms with E-state index in [0.717, 1.165) is 5.56 Å². The highest BCUT2D eigenvalue weighted by Gasteiger charge is 2.04. The van der Waals surface area contributed by atoms with E-state index in [4.69, 9.17) is 10.5 Å². The van der Waals surface area contributed by atoms with E-state index in [1.165, 1.54) is 7.11 Å². The third-order valence-corrected chi connectivity index (χ3v) is 1.50. The molecular weight excluding hydrogens is 142 g/mol. The molecule has 3 heteroatoms. The number of phenols is 1. The van der Waals surface area contributed by atoms with Gasteiger partial charge in [0.05, 0.1) is 7.11 Å². The van der Waals surface area contributed by atoms with Crippen molar-refractivity contribution >= 4 is 0 Å². The van der Waals surface area contributed by atoms with Gasteiger partial charge in [-0.3, -0.25) is 0 Å². The summed E-state index contributed by atoms with van der Waals surface area (Å²) in [7, 11) is 1.51. The summed E-state index contributed by atoms with van der Waals surface area (Å²) in [4.78, 5) is 0. The molecule has 0 aliphatic carbocycles. The largest absolute Gasteiger partial charge is 0.504 e. The second kappa shape index (κ2) is 3.25. The number of phenolic OH excluding ortho intramolecular Hbond substituents is 1. The Morgan fingerprint density at radius 1 is 1.55 bits per heavy atom. The molecule has 0 aromatic heterocycles. The molecule has 0 heterocycles. The number of hydrogen-bond donors (Lipinski definition) is 2. The van der Waals surface area contributed by atoms with Crippen LogP contribution in [0, 0.1) is 0 Å². The highest BCUT2D eigenvalue weighted by atomic mass is 16.5. The number of para-hydroxylation sites is 1. The van der Waals surface area contributed by atoms with E-state index in [1.54, 1.807) is 12.1 Å². The van der Waals surface area contributed by atoms with Gasteiger partial charge in [-0.15, -0.1) is 0 Å². The molecule has 0 amide bonds. The Morgan fingerprint density at radius 2 is 2.27 bits per heavy atom. The molecule has 3 nitrogen and oxygen atoms in total. The summed E-state index contributed by atoms with van der Waals surface area (Å²) in [5.41, 5.74) is 6.22. The maximum absolute atomic E-state index is 9.24. The fourth-order valence-corrected chi connectivity index (χ4v) is 0.968.